The minimum atomic E-state index is -0.281. The topological polar surface area (TPSA) is 39.7 Å². The minimum absolute atomic E-state index is 0.141. The molecular formula is C28H26FNO3. The average Bonchev–Trinajstić information content (AvgIpc) is 2.85. The molecule has 0 saturated carbocycles. The van der Waals surface area contributed by atoms with E-state index < -0.39 is 0 Å². The highest BCUT2D eigenvalue weighted by molar-refractivity contribution is 5.49. The Morgan fingerprint density at radius 3 is 2.21 bits per heavy atom. The van der Waals surface area contributed by atoms with Gasteiger partial charge in [0.2, 0.25) is 0 Å². The van der Waals surface area contributed by atoms with Gasteiger partial charge in [0.05, 0.1) is 6.61 Å². The van der Waals surface area contributed by atoms with Crippen LogP contribution in [0.3, 0.4) is 0 Å². The van der Waals surface area contributed by atoms with Crippen molar-refractivity contribution < 1.29 is 18.6 Å². The maximum Gasteiger partial charge on any atom is 0.161 e. The molecule has 168 valence electrons. The highest BCUT2D eigenvalue weighted by Crippen LogP contribution is 2.30. The maximum atomic E-state index is 13.9. The van der Waals surface area contributed by atoms with E-state index in [-0.39, 0.29) is 12.4 Å². The van der Waals surface area contributed by atoms with E-state index in [4.69, 9.17) is 14.2 Å². The number of ether oxygens (including phenoxy) is 3. The molecule has 0 spiro atoms. The number of nitrogens with one attached hydrogen (secondary N) is 1. The van der Waals surface area contributed by atoms with Gasteiger partial charge in [-0.3, -0.25) is 0 Å². The normalized spacial score (nSPS) is 10.5. The van der Waals surface area contributed by atoms with Gasteiger partial charge >= 0.3 is 0 Å². The zero-order chi connectivity index (χ0) is 22.9. The SMILES string of the molecule is CCOc1cc(CNc2ccc(Oc3ccccc3)cc2)ccc1OCc1ccccc1F. The summed E-state index contributed by atoms with van der Waals surface area (Å²) in [6, 6.07) is 29.9. The van der Waals surface area contributed by atoms with E-state index in [1.165, 1.54) is 6.07 Å². The predicted molar refractivity (Wildman–Crippen MR) is 129 cm³/mol. The number of halogens is 1. The lowest BCUT2D eigenvalue weighted by Crippen LogP contribution is -2.03. The van der Waals surface area contributed by atoms with Gasteiger partial charge in [0, 0.05) is 17.8 Å². The zero-order valence-corrected chi connectivity index (χ0v) is 18.5. The van der Waals surface area contributed by atoms with E-state index in [2.05, 4.69) is 5.32 Å². The smallest absolute Gasteiger partial charge is 0.161 e. The van der Waals surface area contributed by atoms with Crippen LogP contribution >= 0.6 is 0 Å². The summed E-state index contributed by atoms with van der Waals surface area (Å²) in [7, 11) is 0. The fourth-order valence-corrected chi connectivity index (χ4v) is 3.29. The molecule has 0 radical (unpaired) electrons. The number of para-hydroxylation sites is 1. The Morgan fingerprint density at radius 2 is 1.45 bits per heavy atom. The first-order chi connectivity index (χ1) is 16.2. The third kappa shape index (κ3) is 6.26. The van der Waals surface area contributed by atoms with Gasteiger partial charge in [-0.05, 0) is 67.1 Å². The van der Waals surface area contributed by atoms with Gasteiger partial charge in [-0.15, -0.1) is 0 Å². The second-order valence-corrected chi connectivity index (χ2v) is 7.39. The summed E-state index contributed by atoms with van der Waals surface area (Å²) in [6.45, 7) is 3.19. The predicted octanol–water partition coefficient (Wildman–Crippen LogP) is 7.21. The molecule has 0 aromatic heterocycles. The van der Waals surface area contributed by atoms with Crippen molar-refractivity contribution in [3.05, 3.63) is 114 Å². The molecule has 4 aromatic rings. The van der Waals surface area contributed by atoms with Crippen LogP contribution in [0.25, 0.3) is 0 Å². The van der Waals surface area contributed by atoms with Gasteiger partial charge in [0.1, 0.15) is 23.9 Å². The van der Waals surface area contributed by atoms with Crippen LogP contribution in [0.2, 0.25) is 0 Å². The summed E-state index contributed by atoms with van der Waals surface area (Å²) in [4.78, 5) is 0. The molecule has 0 saturated heterocycles. The lowest BCUT2D eigenvalue weighted by Gasteiger charge is -2.14. The molecule has 4 rings (SSSR count). The first-order valence-corrected chi connectivity index (χ1v) is 10.9. The monoisotopic (exact) mass is 443 g/mol. The van der Waals surface area contributed by atoms with E-state index in [1.54, 1.807) is 18.2 Å². The Balaban J connectivity index is 1.36. The van der Waals surface area contributed by atoms with Crippen LogP contribution in [-0.2, 0) is 13.2 Å². The number of hydrogen-bond acceptors (Lipinski definition) is 4. The van der Waals surface area contributed by atoms with Crippen molar-refractivity contribution >= 4 is 5.69 Å². The maximum absolute atomic E-state index is 13.9. The van der Waals surface area contributed by atoms with Gasteiger partial charge in [0.25, 0.3) is 0 Å². The average molecular weight is 444 g/mol. The molecule has 0 amide bonds. The second-order valence-electron chi connectivity index (χ2n) is 7.39. The lowest BCUT2D eigenvalue weighted by atomic mass is 10.2. The Morgan fingerprint density at radius 1 is 0.727 bits per heavy atom. The highest BCUT2D eigenvalue weighted by atomic mass is 19.1. The van der Waals surface area contributed by atoms with E-state index in [9.17, 15) is 4.39 Å². The molecule has 4 aromatic carbocycles. The Kier molecular flexibility index (Phi) is 7.44. The summed E-state index contributed by atoms with van der Waals surface area (Å²) in [6.07, 6.45) is 0. The van der Waals surface area contributed by atoms with Crippen LogP contribution in [0, 0.1) is 5.82 Å². The third-order valence-electron chi connectivity index (χ3n) is 4.98. The van der Waals surface area contributed by atoms with Crippen molar-refractivity contribution in [3.63, 3.8) is 0 Å². The van der Waals surface area contributed by atoms with Crippen molar-refractivity contribution in [1.82, 2.24) is 0 Å². The van der Waals surface area contributed by atoms with Gasteiger partial charge in [0.15, 0.2) is 11.5 Å². The van der Waals surface area contributed by atoms with E-state index >= 15 is 0 Å². The fourth-order valence-electron chi connectivity index (χ4n) is 3.29. The Bertz CT molecular complexity index is 1160. The molecule has 0 atom stereocenters. The molecule has 33 heavy (non-hydrogen) atoms. The van der Waals surface area contributed by atoms with Crippen molar-refractivity contribution in [1.29, 1.82) is 0 Å². The Labute approximate surface area is 193 Å². The number of anilines is 1. The molecular weight excluding hydrogens is 417 g/mol. The molecule has 0 aliphatic carbocycles. The molecule has 0 bridgehead atoms. The van der Waals surface area contributed by atoms with Crippen molar-refractivity contribution in [2.75, 3.05) is 11.9 Å². The van der Waals surface area contributed by atoms with Crippen LogP contribution in [0.5, 0.6) is 23.0 Å². The number of hydrogen-bond donors (Lipinski definition) is 1. The molecule has 5 heteroatoms. The summed E-state index contributed by atoms with van der Waals surface area (Å²) in [5, 5.41) is 3.40. The number of rotatable bonds is 10. The molecule has 0 fully saturated rings. The quantitative estimate of drug-likeness (QED) is 0.281. The molecule has 0 aliphatic heterocycles. The third-order valence-corrected chi connectivity index (χ3v) is 4.98. The first kappa shape index (κ1) is 22.2. The van der Waals surface area contributed by atoms with Crippen LogP contribution in [0.4, 0.5) is 10.1 Å². The molecule has 4 nitrogen and oxygen atoms in total. The molecule has 0 unspecified atom stereocenters. The molecule has 0 aliphatic rings. The van der Waals surface area contributed by atoms with E-state index in [1.807, 2.05) is 79.7 Å². The zero-order valence-electron chi connectivity index (χ0n) is 18.5. The van der Waals surface area contributed by atoms with E-state index in [0.29, 0.717) is 30.2 Å². The highest BCUT2D eigenvalue weighted by Gasteiger charge is 2.09. The fraction of sp³-hybridized carbons (Fsp3) is 0.143. The van der Waals surface area contributed by atoms with Crippen molar-refractivity contribution in [3.8, 4) is 23.0 Å². The van der Waals surface area contributed by atoms with Crippen LogP contribution in [0.15, 0.2) is 97.1 Å². The minimum Gasteiger partial charge on any atom is -0.490 e. The summed E-state index contributed by atoms with van der Waals surface area (Å²) in [5.41, 5.74) is 2.53. The summed E-state index contributed by atoms with van der Waals surface area (Å²) < 4.78 is 31.3. The van der Waals surface area contributed by atoms with Crippen LogP contribution in [-0.4, -0.2) is 6.61 Å². The second kappa shape index (κ2) is 11.0. The Hall–Kier alpha value is -3.99. The summed E-state index contributed by atoms with van der Waals surface area (Å²) in [5.74, 6) is 2.53. The van der Waals surface area contributed by atoms with Crippen molar-refractivity contribution in [2.24, 2.45) is 0 Å². The van der Waals surface area contributed by atoms with Crippen LogP contribution in [0.1, 0.15) is 18.1 Å². The molecule has 1 N–H and O–H groups in total. The van der Waals surface area contributed by atoms with E-state index in [0.717, 1.165) is 22.7 Å². The largest absolute Gasteiger partial charge is 0.490 e. The summed E-state index contributed by atoms with van der Waals surface area (Å²) >= 11 is 0. The van der Waals surface area contributed by atoms with Gasteiger partial charge in [-0.1, -0.05) is 42.5 Å². The van der Waals surface area contributed by atoms with Gasteiger partial charge < -0.3 is 19.5 Å². The number of benzene rings is 4. The van der Waals surface area contributed by atoms with Gasteiger partial charge in [-0.25, -0.2) is 4.39 Å². The first-order valence-electron chi connectivity index (χ1n) is 10.9. The standard InChI is InChI=1S/C28H26FNO3/c1-2-31-28-18-21(12-17-27(28)32-20-22-8-6-7-11-26(22)29)19-30-23-13-15-25(16-14-23)33-24-9-4-3-5-10-24/h3-18,30H,2,19-20H2,1H3. The van der Waals surface area contributed by atoms with Gasteiger partial charge in [-0.2, -0.15) is 0 Å². The van der Waals surface area contributed by atoms with Crippen LogP contribution < -0.4 is 19.5 Å². The lowest BCUT2D eigenvalue weighted by molar-refractivity contribution is 0.265. The van der Waals surface area contributed by atoms with Crippen molar-refractivity contribution in [2.45, 2.75) is 20.1 Å². The molecule has 0 heterocycles.